The highest BCUT2D eigenvalue weighted by Crippen LogP contribution is 2.34. The highest BCUT2D eigenvalue weighted by molar-refractivity contribution is 14.1. The molecule has 4 nitrogen and oxygen atoms in total. The number of benzene rings is 1. The van der Waals surface area contributed by atoms with E-state index < -0.39 is 10.7 Å². The van der Waals surface area contributed by atoms with Crippen molar-refractivity contribution in [1.82, 2.24) is 0 Å². The number of nitrogens with zero attached hydrogens (tertiary/aromatic N) is 1. The second-order valence-electron chi connectivity index (χ2n) is 5.69. The summed E-state index contributed by atoms with van der Waals surface area (Å²) in [6.45, 7) is 4.36. The van der Waals surface area contributed by atoms with E-state index in [9.17, 15) is 14.5 Å². The predicted octanol–water partition coefficient (Wildman–Crippen LogP) is 4.58. The van der Waals surface area contributed by atoms with Crippen molar-refractivity contribution in [2.24, 2.45) is 11.8 Å². The first kappa shape index (κ1) is 15.5. The molecule has 0 aliphatic heterocycles. The van der Waals surface area contributed by atoms with Gasteiger partial charge in [0, 0.05) is 18.2 Å². The third-order valence-electron chi connectivity index (χ3n) is 4.01. The Morgan fingerprint density at radius 1 is 1.40 bits per heavy atom. The van der Waals surface area contributed by atoms with Crippen LogP contribution in [-0.2, 0) is 0 Å². The summed E-state index contributed by atoms with van der Waals surface area (Å²) in [7, 11) is 0. The van der Waals surface area contributed by atoms with Gasteiger partial charge in [-0.15, -0.1) is 0 Å². The Kier molecular flexibility index (Phi) is 4.82. The molecular weight excluding hydrogens is 374 g/mol. The lowest BCUT2D eigenvalue weighted by Crippen LogP contribution is -2.33. The molecule has 2 rings (SSSR count). The van der Waals surface area contributed by atoms with E-state index in [4.69, 9.17) is 0 Å². The van der Waals surface area contributed by atoms with Gasteiger partial charge in [-0.05, 0) is 53.7 Å². The minimum atomic E-state index is -0.458. The quantitative estimate of drug-likeness (QED) is 0.466. The minimum absolute atomic E-state index is 0.0541. The molecule has 3 unspecified atom stereocenters. The van der Waals surface area contributed by atoms with Crippen LogP contribution in [0.1, 0.15) is 33.1 Å². The first-order valence-corrected chi connectivity index (χ1v) is 7.86. The Bertz CT molecular complexity index is 524. The lowest BCUT2D eigenvalue weighted by Gasteiger charge is -2.33. The number of nitro benzene ring substituents is 1. The summed E-state index contributed by atoms with van der Waals surface area (Å²) in [5.41, 5.74) is 0.237. The second kappa shape index (κ2) is 6.24. The molecule has 1 aliphatic carbocycles. The summed E-state index contributed by atoms with van der Waals surface area (Å²) in [4.78, 5) is 10.6. The maximum Gasteiger partial charge on any atom is 0.293 e. The molecule has 0 radical (unpaired) electrons. The summed E-state index contributed by atoms with van der Waals surface area (Å²) in [6.07, 6.45) is 3.16. The van der Waals surface area contributed by atoms with Crippen LogP contribution in [0.25, 0.3) is 0 Å². The Hall–Kier alpha value is -0.920. The van der Waals surface area contributed by atoms with Crippen molar-refractivity contribution >= 4 is 34.0 Å². The van der Waals surface area contributed by atoms with Crippen molar-refractivity contribution < 1.29 is 9.31 Å². The molecule has 0 spiro atoms. The number of anilines is 1. The van der Waals surface area contributed by atoms with Gasteiger partial charge in [-0.25, -0.2) is 4.39 Å². The Labute approximate surface area is 131 Å². The third-order valence-corrected chi connectivity index (χ3v) is 4.83. The van der Waals surface area contributed by atoms with Crippen LogP contribution in [-0.4, -0.2) is 11.0 Å². The fourth-order valence-electron chi connectivity index (χ4n) is 2.88. The number of hydrogen-bond donors (Lipinski definition) is 1. The van der Waals surface area contributed by atoms with Crippen LogP contribution in [0.5, 0.6) is 0 Å². The van der Waals surface area contributed by atoms with Crippen molar-refractivity contribution in [3.05, 3.63) is 31.6 Å². The number of halogens is 2. The van der Waals surface area contributed by atoms with Crippen LogP contribution in [0, 0.1) is 31.3 Å². The highest BCUT2D eigenvalue weighted by atomic mass is 127. The van der Waals surface area contributed by atoms with E-state index in [1.54, 1.807) is 22.6 Å². The maximum absolute atomic E-state index is 13.7. The van der Waals surface area contributed by atoms with Crippen molar-refractivity contribution in [3.63, 3.8) is 0 Å². The minimum Gasteiger partial charge on any atom is -0.376 e. The molecule has 6 heteroatoms. The summed E-state index contributed by atoms with van der Waals surface area (Å²) in [6, 6.07) is 2.70. The first-order chi connectivity index (χ1) is 9.38. The molecule has 1 N–H and O–H groups in total. The molecule has 1 aliphatic rings. The molecule has 1 aromatic rings. The van der Waals surface area contributed by atoms with Crippen molar-refractivity contribution in [2.75, 3.05) is 5.32 Å². The van der Waals surface area contributed by atoms with Gasteiger partial charge in [0.25, 0.3) is 5.69 Å². The van der Waals surface area contributed by atoms with Crippen LogP contribution in [0.4, 0.5) is 15.8 Å². The second-order valence-corrected chi connectivity index (χ2v) is 6.85. The van der Waals surface area contributed by atoms with Gasteiger partial charge in [-0.1, -0.05) is 13.8 Å². The summed E-state index contributed by atoms with van der Waals surface area (Å²) in [5.74, 6) is 0.697. The van der Waals surface area contributed by atoms with Crippen molar-refractivity contribution in [1.29, 1.82) is 0 Å². The summed E-state index contributed by atoms with van der Waals surface area (Å²) in [5, 5.41) is 14.3. The lowest BCUT2D eigenvalue weighted by atomic mass is 9.80. The van der Waals surface area contributed by atoms with Gasteiger partial charge in [0.15, 0.2) is 0 Å². The van der Waals surface area contributed by atoms with Gasteiger partial charge in [-0.2, -0.15) is 0 Å². The van der Waals surface area contributed by atoms with Crippen molar-refractivity contribution in [3.8, 4) is 0 Å². The van der Waals surface area contributed by atoms with Gasteiger partial charge >= 0.3 is 0 Å². The summed E-state index contributed by atoms with van der Waals surface area (Å²) < 4.78 is 13.9. The van der Waals surface area contributed by atoms with E-state index in [1.807, 2.05) is 0 Å². The van der Waals surface area contributed by atoms with Gasteiger partial charge in [0.2, 0.25) is 0 Å². The van der Waals surface area contributed by atoms with Crippen LogP contribution in [0.3, 0.4) is 0 Å². The molecule has 1 fully saturated rings. The van der Waals surface area contributed by atoms with E-state index in [0.29, 0.717) is 17.5 Å². The van der Waals surface area contributed by atoms with Crippen LogP contribution < -0.4 is 5.32 Å². The smallest absolute Gasteiger partial charge is 0.293 e. The number of hydrogen-bond acceptors (Lipinski definition) is 3. The Morgan fingerprint density at radius 3 is 2.70 bits per heavy atom. The monoisotopic (exact) mass is 392 g/mol. The van der Waals surface area contributed by atoms with E-state index in [1.165, 1.54) is 12.1 Å². The van der Waals surface area contributed by atoms with E-state index in [2.05, 4.69) is 19.2 Å². The van der Waals surface area contributed by atoms with Gasteiger partial charge < -0.3 is 5.32 Å². The van der Waals surface area contributed by atoms with Crippen LogP contribution >= 0.6 is 22.6 Å². The largest absolute Gasteiger partial charge is 0.376 e. The number of rotatable bonds is 3. The van der Waals surface area contributed by atoms with Gasteiger partial charge in [-0.3, -0.25) is 10.1 Å². The zero-order chi connectivity index (χ0) is 14.9. The first-order valence-electron chi connectivity index (χ1n) is 6.78. The zero-order valence-corrected chi connectivity index (χ0v) is 13.7. The lowest BCUT2D eigenvalue weighted by molar-refractivity contribution is -0.384. The van der Waals surface area contributed by atoms with Gasteiger partial charge in [0.05, 0.1) is 8.49 Å². The topological polar surface area (TPSA) is 55.2 Å². The molecule has 1 saturated carbocycles. The number of nitro groups is 1. The highest BCUT2D eigenvalue weighted by Gasteiger charge is 2.27. The average Bonchev–Trinajstić information content (AvgIpc) is 2.36. The molecule has 3 atom stereocenters. The van der Waals surface area contributed by atoms with E-state index in [-0.39, 0.29) is 15.3 Å². The SMILES string of the molecule is CC1CCC(Nc2cc(F)c(I)cc2[N+](=O)[O-])C(C)C1. The molecular formula is C14H18FIN2O2. The molecule has 0 aromatic heterocycles. The normalized spacial score (nSPS) is 26.3. The molecule has 0 amide bonds. The van der Waals surface area contributed by atoms with E-state index >= 15 is 0 Å². The molecule has 1 aromatic carbocycles. The average molecular weight is 392 g/mol. The third kappa shape index (κ3) is 3.39. The standard InChI is InChI=1S/C14H18FIN2O2/c1-8-3-4-12(9(2)5-8)17-13-6-10(15)11(16)7-14(13)18(19)20/h6-9,12,17H,3-5H2,1-2H3. The molecule has 20 heavy (non-hydrogen) atoms. The van der Waals surface area contributed by atoms with Gasteiger partial charge in [0.1, 0.15) is 11.5 Å². The molecule has 0 heterocycles. The zero-order valence-electron chi connectivity index (χ0n) is 11.5. The van der Waals surface area contributed by atoms with Crippen LogP contribution in [0.15, 0.2) is 12.1 Å². The molecule has 0 saturated heterocycles. The predicted molar refractivity (Wildman–Crippen MR) is 85.4 cm³/mol. The fraction of sp³-hybridized carbons (Fsp3) is 0.571. The van der Waals surface area contributed by atoms with E-state index in [0.717, 1.165) is 19.3 Å². The Morgan fingerprint density at radius 2 is 2.10 bits per heavy atom. The maximum atomic E-state index is 13.7. The van der Waals surface area contributed by atoms with Crippen LogP contribution in [0.2, 0.25) is 0 Å². The fourth-order valence-corrected chi connectivity index (χ4v) is 3.33. The van der Waals surface area contributed by atoms with Crippen molar-refractivity contribution in [2.45, 2.75) is 39.2 Å². The summed E-state index contributed by atoms with van der Waals surface area (Å²) >= 11 is 1.77. The number of nitrogens with one attached hydrogen (secondary N) is 1. The molecule has 110 valence electrons. The molecule has 0 bridgehead atoms. The Balaban J connectivity index is 2.24.